The maximum absolute atomic E-state index is 12.8. The molecule has 3 rings (SSSR count). The zero-order valence-electron chi connectivity index (χ0n) is 15.9. The summed E-state index contributed by atoms with van der Waals surface area (Å²) < 4.78 is 1.88. The van der Waals surface area contributed by atoms with Crippen molar-refractivity contribution < 1.29 is 4.79 Å². The third-order valence-electron chi connectivity index (χ3n) is 4.44. The first-order valence-electron chi connectivity index (χ1n) is 8.71. The van der Waals surface area contributed by atoms with Crippen molar-refractivity contribution in [2.45, 2.75) is 32.9 Å². The summed E-state index contributed by atoms with van der Waals surface area (Å²) in [5.41, 5.74) is 2.14. The molecule has 0 radical (unpaired) electrons. The molecule has 1 unspecified atom stereocenters. The van der Waals surface area contributed by atoms with Gasteiger partial charge in [0.15, 0.2) is 5.65 Å². The standard InChI is InChI=1S/C19H25N5OS/c1-12(2)24-18-14(10-21-24)9-15(13(3)22-18)19(25)20-11-16(23(4)5)17-7-6-8-26-17/h6-10,12,16H,11H2,1-5H3,(H,20,25). The molecule has 3 aromatic rings. The average Bonchev–Trinajstić information content (AvgIpc) is 3.23. The summed E-state index contributed by atoms with van der Waals surface area (Å²) >= 11 is 1.70. The summed E-state index contributed by atoms with van der Waals surface area (Å²) in [7, 11) is 4.05. The van der Waals surface area contributed by atoms with Gasteiger partial charge in [0.25, 0.3) is 5.91 Å². The number of aromatic nitrogens is 3. The molecule has 0 spiro atoms. The van der Waals surface area contributed by atoms with Crippen molar-refractivity contribution in [3.05, 3.63) is 45.9 Å². The van der Waals surface area contributed by atoms with Crippen molar-refractivity contribution in [1.29, 1.82) is 0 Å². The predicted octanol–water partition coefficient (Wildman–Crippen LogP) is 3.41. The molecule has 0 aromatic carbocycles. The number of thiophene rings is 1. The summed E-state index contributed by atoms with van der Waals surface area (Å²) in [5, 5.41) is 10.4. The zero-order chi connectivity index (χ0) is 18.8. The molecular formula is C19H25N5OS. The van der Waals surface area contributed by atoms with Crippen LogP contribution in [0.15, 0.2) is 29.8 Å². The Morgan fingerprint density at radius 2 is 2.15 bits per heavy atom. The Labute approximate surface area is 157 Å². The maximum atomic E-state index is 12.8. The number of fused-ring (bicyclic) bond motifs is 1. The molecule has 0 saturated carbocycles. The number of nitrogens with zero attached hydrogens (tertiary/aromatic N) is 4. The second kappa shape index (κ2) is 7.55. The molecule has 0 bridgehead atoms. The van der Waals surface area contributed by atoms with Gasteiger partial charge in [0.05, 0.1) is 23.5 Å². The smallest absolute Gasteiger partial charge is 0.253 e. The van der Waals surface area contributed by atoms with E-state index < -0.39 is 0 Å². The van der Waals surface area contributed by atoms with Gasteiger partial charge in [-0.2, -0.15) is 5.10 Å². The van der Waals surface area contributed by atoms with Crippen LogP contribution in [0.2, 0.25) is 0 Å². The van der Waals surface area contributed by atoms with Crippen LogP contribution in [0.1, 0.15) is 46.9 Å². The van der Waals surface area contributed by atoms with Crippen LogP contribution < -0.4 is 5.32 Å². The Balaban J connectivity index is 1.80. The Kier molecular flexibility index (Phi) is 5.38. The second-order valence-corrected chi connectivity index (χ2v) is 7.90. The normalized spacial score (nSPS) is 12.9. The quantitative estimate of drug-likeness (QED) is 0.721. The molecule has 1 atom stereocenters. The van der Waals surface area contributed by atoms with Crippen LogP contribution in [-0.4, -0.2) is 46.2 Å². The molecule has 1 amide bonds. The molecule has 3 heterocycles. The van der Waals surface area contributed by atoms with Crippen LogP contribution in [0.5, 0.6) is 0 Å². The van der Waals surface area contributed by atoms with E-state index in [9.17, 15) is 4.79 Å². The lowest BCUT2D eigenvalue weighted by molar-refractivity contribution is 0.0941. The third-order valence-corrected chi connectivity index (χ3v) is 5.42. The minimum Gasteiger partial charge on any atom is -0.350 e. The summed E-state index contributed by atoms with van der Waals surface area (Å²) in [6.07, 6.45) is 1.77. The van der Waals surface area contributed by atoms with Gasteiger partial charge in [-0.1, -0.05) is 6.07 Å². The lowest BCUT2D eigenvalue weighted by Crippen LogP contribution is -2.34. The highest BCUT2D eigenvalue weighted by atomic mass is 32.1. The van der Waals surface area contributed by atoms with Crippen LogP contribution in [0, 0.1) is 6.92 Å². The van der Waals surface area contributed by atoms with Crippen molar-refractivity contribution in [3.8, 4) is 0 Å². The number of likely N-dealkylation sites (N-methyl/N-ethyl adjacent to an activating group) is 1. The molecular weight excluding hydrogens is 346 g/mol. The van der Waals surface area contributed by atoms with Crippen LogP contribution in [0.25, 0.3) is 11.0 Å². The molecule has 0 fully saturated rings. The van der Waals surface area contributed by atoms with Crippen molar-refractivity contribution in [2.24, 2.45) is 0 Å². The number of hydrogen-bond donors (Lipinski definition) is 1. The second-order valence-electron chi connectivity index (χ2n) is 6.92. The summed E-state index contributed by atoms with van der Waals surface area (Å²) in [6, 6.07) is 6.40. The number of rotatable bonds is 6. The van der Waals surface area contributed by atoms with Gasteiger partial charge in [0.1, 0.15) is 0 Å². The van der Waals surface area contributed by atoms with E-state index in [1.807, 2.05) is 37.8 Å². The summed E-state index contributed by atoms with van der Waals surface area (Å²) in [5.74, 6) is -0.0994. The van der Waals surface area contributed by atoms with E-state index in [-0.39, 0.29) is 18.0 Å². The molecule has 0 aliphatic heterocycles. The number of pyridine rings is 1. The molecule has 6 nitrogen and oxygen atoms in total. The lowest BCUT2D eigenvalue weighted by Gasteiger charge is -2.23. The van der Waals surface area contributed by atoms with E-state index in [0.29, 0.717) is 12.1 Å². The highest BCUT2D eigenvalue weighted by molar-refractivity contribution is 7.10. The monoisotopic (exact) mass is 371 g/mol. The molecule has 26 heavy (non-hydrogen) atoms. The average molecular weight is 372 g/mol. The fourth-order valence-electron chi connectivity index (χ4n) is 2.98. The molecule has 1 N–H and O–H groups in total. The van der Waals surface area contributed by atoms with Crippen LogP contribution in [0.3, 0.4) is 0 Å². The highest BCUT2D eigenvalue weighted by Gasteiger charge is 2.19. The Bertz CT molecular complexity index is 898. The van der Waals surface area contributed by atoms with Gasteiger partial charge in [0.2, 0.25) is 0 Å². The third kappa shape index (κ3) is 3.64. The van der Waals surface area contributed by atoms with Crippen molar-refractivity contribution in [3.63, 3.8) is 0 Å². The Hall–Kier alpha value is -2.25. The van der Waals surface area contributed by atoms with Gasteiger partial charge < -0.3 is 10.2 Å². The molecule has 0 aliphatic rings. The maximum Gasteiger partial charge on any atom is 0.253 e. The van der Waals surface area contributed by atoms with E-state index in [4.69, 9.17) is 0 Å². The highest BCUT2D eigenvalue weighted by Crippen LogP contribution is 2.23. The van der Waals surface area contributed by atoms with Crippen LogP contribution >= 0.6 is 11.3 Å². The van der Waals surface area contributed by atoms with Crippen LogP contribution in [-0.2, 0) is 0 Å². The van der Waals surface area contributed by atoms with E-state index in [2.05, 4.69) is 45.6 Å². The number of carbonyl (C=O) groups is 1. The van der Waals surface area contributed by atoms with E-state index >= 15 is 0 Å². The fraction of sp³-hybridized carbons (Fsp3) is 0.421. The van der Waals surface area contributed by atoms with Gasteiger partial charge in [0, 0.05) is 22.8 Å². The van der Waals surface area contributed by atoms with E-state index in [0.717, 1.165) is 16.7 Å². The zero-order valence-corrected chi connectivity index (χ0v) is 16.7. The minimum atomic E-state index is -0.0994. The van der Waals surface area contributed by atoms with Crippen molar-refractivity contribution in [2.75, 3.05) is 20.6 Å². The number of hydrogen-bond acceptors (Lipinski definition) is 5. The first-order chi connectivity index (χ1) is 12.4. The van der Waals surface area contributed by atoms with Gasteiger partial charge in [-0.3, -0.25) is 4.79 Å². The number of nitrogens with one attached hydrogen (secondary N) is 1. The van der Waals surface area contributed by atoms with Crippen LogP contribution in [0.4, 0.5) is 0 Å². The van der Waals surface area contributed by atoms with Crippen molar-refractivity contribution >= 4 is 28.3 Å². The van der Waals surface area contributed by atoms with Crippen molar-refractivity contribution in [1.82, 2.24) is 25.0 Å². The largest absolute Gasteiger partial charge is 0.350 e. The first kappa shape index (κ1) is 18.5. The summed E-state index contributed by atoms with van der Waals surface area (Å²) in [4.78, 5) is 20.7. The molecule has 0 saturated heterocycles. The predicted molar refractivity (Wildman–Crippen MR) is 106 cm³/mol. The number of aryl methyl sites for hydroxylation is 1. The SMILES string of the molecule is Cc1nc2c(cnn2C(C)C)cc1C(=O)NCC(c1cccs1)N(C)C. The lowest BCUT2D eigenvalue weighted by atomic mass is 10.1. The summed E-state index contributed by atoms with van der Waals surface area (Å²) in [6.45, 7) is 6.55. The Morgan fingerprint density at radius 3 is 2.77 bits per heavy atom. The topological polar surface area (TPSA) is 63.1 Å². The van der Waals surface area contributed by atoms with Gasteiger partial charge in [-0.25, -0.2) is 9.67 Å². The molecule has 7 heteroatoms. The minimum absolute atomic E-state index is 0.0994. The molecule has 3 aromatic heterocycles. The van der Waals surface area contributed by atoms with Gasteiger partial charge in [-0.05, 0) is 52.4 Å². The fourth-order valence-corrected chi connectivity index (χ4v) is 3.90. The first-order valence-corrected chi connectivity index (χ1v) is 9.59. The molecule has 0 aliphatic carbocycles. The van der Waals surface area contributed by atoms with Gasteiger partial charge >= 0.3 is 0 Å². The van der Waals surface area contributed by atoms with Gasteiger partial charge in [-0.15, -0.1) is 11.3 Å². The molecule has 138 valence electrons. The van der Waals surface area contributed by atoms with E-state index in [1.165, 1.54) is 4.88 Å². The number of carbonyl (C=O) groups excluding carboxylic acids is 1. The number of amides is 1. The Morgan fingerprint density at radius 1 is 1.38 bits per heavy atom. The van der Waals surface area contributed by atoms with E-state index in [1.54, 1.807) is 17.5 Å².